The van der Waals surface area contributed by atoms with E-state index >= 15 is 0 Å². The average Bonchev–Trinajstić information content (AvgIpc) is 2.62. The summed E-state index contributed by atoms with van der Waals surface area (Å²) in [6.07, 6.45) is 3.14. The van der Waals surface area contributed by atoms with Gasteiger partial charge in [-0.25, -0.2) is 4.98 Å². The third kappa shape index (κ3) is 2.86. The smallest absolute Gasteiger partial charge is 0.212 e. The van der Waals surface area contributed by atoms with Crippen molar-refractivity contribution in [2.75, 3.05) is 7.11 Å². The van der Waals surface area contributed by atoms with E-state index in [0.29, 0.717) is 22.7 Å². The van der Waals surface area contributed by atoms with E-state index in [-0.39, 0.29) is 5.78 Å². The maximum atomic E-state index is 12.5. The number of hydrogen-bond donors (Lipinski definition) is 0. The average molecular weight is 290 g/mol. The van der Waals surface area contributed by atoms with Crippen molar-refractivity contribution in [3.05, 3.63) is 78.2 Å². The van der Waals surface area contributed by atoms with Crippen LogP contribution in [0.1, 0.15) is 16.1 Å². The van der Waals surface area contributed by atoms with E-state index in [9.17, 15) is 4.79 Å². The zero-order chi connectivity index (χ0) is 15.4. The van der Waals surface area contributed by atoms with Crippen molar-refractivity contribution >= 4 is 5.78 Å². The Kier molecular flexibility index (Phi) is 3.92. The van der Waals surface area contributed by atoms with Gasteiger partial charge in [-0.2, -0.15) is 0 Å². The van der Waals surface area contributed by atoms with Crippen molar-refractivity contribution in [3.8, 4) is 17.0 Å². The van der Waals surface area contributed by atoms with Crippen molar-refractivity contribution < 1.29 is 9.53 Å². The molecule has 0 saturated heterocycles. The highest BCUT2D eigenvalue weighted by Crippen LogP contribution is 2.18. The van der Waals surface area contributed by atoms with E-state index < -0.39 is 0 Å². The summed E-state index contributed by atoms with van der Waals surface area (Å²) in [5.74, 6) is 0.550. The molecule has 1 heterocycles. The van der Waals surface area contributed by atoms with Gasteiger partial charge in [-0.05, 0) is 24.3 Å². The number of aromatic nitrogens is 2. The molecule has 0 spiro atoms. The van der Waals surface area contributed by atoms with Crippen LogP contribution in [0.2, 0.25) is 0 Å². The van der Waals surface area contributed by atoms with Crippen LogP contribution in [0.15, 0.2) is 67.0 Å². The Morgan fingerprint density at radius 1 is 0.955 bits per heavy atom. The highest BCUT2D eigenvalue weighted by molar-refractivity contribution is 6.07. The van der Waals surface area contributed by atoms with Gasteiger partial charge in [-0.15, -0.1) is 0 Å². The minimum atomic E-state index is -0.159. The number of hydrogen-bond acceptors (Lipinski definition) is 4. The van der Waals surface area contributed by atoms with Crippen molar-refractivity contribution in [1.29, 1.82) is 0 Å². The summed E-state index contributed by atoms with van der Waals surface area (Å²) in [6.45, 7) is 0. The molecule has 0 atom stereocenters. The van der Waals surface area contributed by atoms with Crippen LogP contribution in [-0.4, -0.2) is 22.9 Å². The summed E-state index contributed by atoms with van der Waals surface area (Å²) in [4.78, 5) is 21.0. The van der Waals surface area contributed by atoms with Crippen LogP contribution in [0, 0.1) is 0 Å². The highest BCUT2D eigenvalue weighted by atomic mass is 16.5. The van der Waals surface area contributed by atoms with Crippen LogP contribution in [0.4, 0.5) is 0 Å². The fraction of sp³-hybridized carbons (Fsp3) is 0.0556. The van der Waals surface area contributed by atoms with E-state index in [1.54, 1.807) is 37.6 Å². The van der Waals surface area contributed by atoms with Crippen LogP contribution in [0.5, 0.6) is 5.75 Å². The molecule has 0 saturated carbocycles. The standard InChI is InChI=1S/C18H14N2O2/c1-22-15-9-7-14(8-10-15)18(21)17-12-19-11-16(20-17)13-5-3-2-4-6-13/h2-12H,1H3. The Morgan fingerprint density at radius 3 is 2.36 bits per heavy atom. The third-order valence-electron chi connectivity index (χ3n) is 3.29. The lowest BCUT2D eigenvalue weighted by Crippen LogP contribution is -2.05. The number of carbonyl (C=O) groups is 1. The van der Waals surface area contributed by atoms with Gasteiger partial charge in [0, 0.05) is 11.1 Å². The Labute approximate surface area is 128 Å². The minimum Gasteiger partial charge on any atom is -0.497 e. The van der Waals surface area contributed by atoms with E-state index in [0.717, 1.165) is 5.56 Å². The molecule has 1 aromatic heterocycles. The molecule has 0 bridgehead atoms. The molecular weight excluding hydrogens is 276 g/mol. The molecule has 0 N–H and O–H groups in total. The molecule has 0 aliphatic carbocycles. The lowest BCUT2D eigenvalue weighted by atomic mass is 10.1. The Bertz CT molecular complexity index is 784. The topological polar surface area (TPSA) is 52.1 Å². The monoisotopic (exact) mass is 290 g/mol. The van der Waals surface area contributed by atoms with E-state index in [4.69, 9.17) is 4.74 Å². The molecule has 0 unspecified atom stereocenters. The molecule has 0 aliphatic rings. The first-order chi connectivity index (χ1) is 10.8. The van der Waals surface area contributed by atoms with Gasteiger partial charge in [0.1, 0.15) is 11.4 Å². The summed E-state index contributed by atoms with van der Waals surface area (Å²) in [5, 5.41) is 0. The third-order valence-corrected chi connectivity index (χ3v) is 3.29. The maximum Gasteiger partial charge on any atom is 0.212 e. The van der Waals surface area contributed by atoms with Gasteiger partial charge in [0.15, 0.2) is 0 Å². The fourth-order valence-electron chi connectivity index (χ4n) is 2.11. The van der Waals surface area contributed by atoms with Crippen molar-refractivity contribution in [2.24, 2.45) is 0 Å². The van der Waals surface area contributed by atoms with Crippen molar-refractivity contribution in [3.63, 3.8) is 0 Å². The number of methoxy groups -OCH3 is 1. The second-order valence-corrected chi connectivity index (χ2v) is 4.71. The maximum absolute atomic E-state index is 12.5. The molecule has 4 nitrogen and oxygen atoms in total. The summed E-state index contributed by atoms with van der Waals surface area (Å²) >= 11 is 0. The van der Waals surface area contributed by atoms with E-state index in [2.05, 4.69) is 9.97 Å². The van der Waals surface area contributed by atoms with Gasteiger partial charge in [0.2, 0.25) is 5.78 Å². The number of ketones is 1. The Hall–Kier alpha value is -3.01. The zero-order valence-corrected chi connectivity index (χ0v) is 12.1. The molecule has 108 valence electrons. The van der Waals surface area contributed by atoms with Crippen LogP contribution in [0.3, 0.4) is 0 Å². The first-order valence-corrected chi connectivity index (χ1v) is 6.84. The number of ether oxygens (including phenoxy) is 1. The number of carbonyl (C=O) groups excluding carboxylic acids is 1. The van der Waals surface area contributed by atoms with Gasteiger partial charge >= 0.3 is 0 Å². The van der Waals surface area contributed by atoms with Crippen molar-refractivity contribution in [2.45, 2.75) is 0 Å². The molecule has 4 heteroatoms. The zero-order valence-electron chi connectivity index (χ0n) is 12.1. The summed E-state index contributed by atoms with van der Waals surface area (Å²) < 4.78 is 5.09. The van der Waals surface area contributed by atoms with Gasteiger partial charge in [-0.3, -0.25) is 9.78 Å². The fourth-order valence-corrected chi connectivity index (χ4v) is 2.11. The Balaban J connectivity index is 1.92. The van der Waals surface area contributed by atoms with Gasteiger partial charge in [0.05, 0.1) is 25.2 Å². The van der Waals surface area contributed by atoms with Crippen LogP contribution >= 0.6 is 0 Å². The predicted molar refractivity (Wildman–Crippen MR) is 83.9 cm³/mol. The number of nitrogens with zero attached hydrogens (tertiary/aromatic N) is 2. The lowest BCUT2D eigenvalue weighted by molar-refractivity contribution is 0.103. The SMILES string of the molecule is COc1ccc(C(=O)c2cncc(-c3ccccc3)n2)cc1. The van der Waals surface area contributed by atoms with E-state index in [1.807, 2.05) is 30.3 Å². The lowest BCUT2D eigenvalue weighted by Gasteiger charge is -2.05. The molecule has 22 heavy (non-hydrogen) atoms. The van der Waals surface area contributed by atoms with Crippen LogP contribution in [-0.2, 0) is 0 Å². The number of benzene rings is 2. The largest absolute Gasteiger partial charge is 0.497 e. The minimum absolute atomic E-state index is 0.159. The molecule has 0 amide bonds. The first kappa shape index (κ1) is 13.9. The van der Waals surface area contributed by atoms with Gasteiger partial charge in [-0.1, -0.05) is 30.3 Å². The molecule has 3 aromatic rings. The number of rotatable bonds is 4. The Morgan fingerprint density at radius 2 is 1.68 bits per heavy atom. The molecule has 0 fully saturated rings. The predicted octanol–water partition coefficient (Wildman–Crippen LogP) is 3.38. The highest BCUT2D eigenvalue weighted by Gasteiger charge is 2.12. The van der Waals surface area contributed by atoms with Crippen LogP contribution < -0.4 is 4.74 Å². The summed E-state index contributed by atoms with van der Waals surface area (Å²) in [6, 6.07) is 16.6. The first-order valence-electron chi connectivity index (χ1n) is 6.84. The summed E-state index contributed by atoms with van der Waals surface area (Å²) in [7, 11) is 1.59. The second kappa shape index (κ2) is 6.18. The van der Waals surface area contributed by atoms with Gasteiger partial charge < -0.3 is 4.74 Å². The molecule has 0 radical (unpaired) electrons. The normalized spacial score (nSPS) is 10.2. The van der Waals surface area contributed by atoms with E-state index in [1.165, 1.54) is 6.20 Å². The summed E-state index contributed by atoms with van der Waals surface area (Å²) in [5.41, 5.74) is 2.49. The molecule has 2 aromatic carbocycles. The van der Waals surface area contributed by atoms with Gasteiger partial charge in [0.25, 0.3) is 0 Å². The molecular formula is C18H14N2O2. The van der Waals surface area contributed by atoms with Crippen LogP contribution in [0.25, 0.3) is 11.3 Å². The molecule has 0 aliphatic heterocycles. The quantitative estimate of drug-likeness (QED) is 0.691. The van der Waals surface area contributed by atoms with Crippen molar-refractivity contribution in [1.82, 2.24) is 9.97 Å². The second-order valence-electron chi connectivity index (χ2n) is 4.71. The molecule has 3 rings (SSSR count).